The van der Waals surface area contributed by atoms with Gasteiger partial charge in [0.1, 0.15) is 5.75 Å². The number of carbonyl (C=O) groups excluding carboxylic acids is 1. The first kappa shape index (κ1) is 15.5. The third-order valence-electron chi connectivity index (χ3n) is 3.73. The Labute approximate surface area is 134 Å². The zero-order valence-corrected chi connectivity index (χ0v) is 12.9. The highest BCUT2D eigenvalue weighted by atomic mass is 16.5. The van der Waals surface area contributed by atoms with Gasteiger partial charge in [-0.1, -0.05) is 11.2 Å². The van der Waals surface area contributed by atoms with Crippen LogP contribution in [0, 0.1) is 0 Å². The maximum Gasteiger partial charge on any atom is 0.251 e. The SMILES string of the molecule is COc1cccc(C(=O)NCCc2nc(C3CCOC3)no2)c1. The van der Waals surface area contributed by atoms with Crippen molar-refractivity contribution in [3.8, 4) is 5.75 Å². The predicted octanol–water partition coefficient (Wildman–Crippen LogP) is 1.55. The Morgan fingerprint density at radius 2 is 2.39 bits per heavy atom. The molecule has 1 aromatic heterocycles. The number of nitrogens with zero attached hydrogens (tertiary/aromatic N) is 2. The van der Waals surface area contributed by atoms with Crippen LogP contribution in [0.1, 0.15) is 34.4 Å². The number of methoxy groups -OCH3 is 1. The maximum absolute atomic E-state index is 12.1. The van der Waals surface area contributed by atoms with Crippen molar-refractivity contribution in [1.29, 1.82) is 0 Å². The first-order chi connectivity index (χ1) is 11.3. The van der Waals surface area contributed by atoms with Crippen molar-refractivity contribution < 1.29 is 18.8 Å². The molecule has 0 aliphatic carbocycles. The number of aromatic nitrogens is 2. The fraction of sp³-hybridized carbons (Fsp3) is 0.438. The van der Waals surface area contributed by atoms with E-state index in [4.69, 9.17) is 14.0 Å². The van der Waals surface area contributed by atoms with E-state index in [1.165, 1.54) is 0 Å². The number of nitrogens with one attached hydrogen (secondary N) is 1. The Balaban J connectivity index is 1.49. The molecular weight excluding hydrogens is 298 g/mol. The molecule has 1 aliphatic heterocycles. The van der Waals surface area contributed by atoms with E-state index < -0.39 is 0 Å². The number of hydrogen-bond acceptors (Lipinski definition) is 6. The number of benzene rings is 1. The van der Waals surface area contributed by atoms with Gasteiger partial charge < -0.3 is 19.3 Å². The van der Waals surface area contributed by atoms with Crippen LogP contribution in [0.4, 0.5) is 0 Å². The summed E-state index contributed by atoms with van der Waals surface area (Å²) in [4.78, 5) is 16.4. The fourth-order valence-corrected chi connectivity index (χ4v) is 2.42. The zero-order chi connectivity index (χ0) is 16.1. The third-order valence-corrected chi connectivity index (χ3v) is 3.73. The van der Waals surface area contributed by atoms with Gasteiger partial charge in [-0.05, 0) is 24.6 Å². The minimum atomic E-state index is -0.159. The van der Waals surface area contributed by atoms with E-state index in [9.17, 15) is 4.79 Å². The zero-order valence-electron chi connectivity index (χ0n) is 12.9. The molecule has 2 heterocycles. The number of carbonyl (C=O) groups is 1. The number of ether oxygens (including phenoxy) is 2. The summed E-state index contributed by atoms with van der Waals surface area (Å²) in [6.07, 6.45) is 1.42. The van der Waals surface area contributed by atoms with Crippen LogP contribution in [0.25, 0.3) is 0 Å². The van der Waals surface area contributed by atoms with Gasteiger partial charge in [-0.2, -0.15) is 4.98 Å². The van der Waals surface area contributed by atoms with Gasteiger partial charge in [-0.15, -0.1) is 0 Å². The van der Waals surface area contributed by atoms with Gasteiger partial charge in [0.05, 0.1) is 13.7 Å². The summed E-state index contributed by atoms with van der Waals surface area (Å²) < 4.78 is 15.6. The van der Waals surface area contributed by atoms with Gasteiger partial charge in [-0.3, -0.25) is 4.79 Å². The van der Waals surface area contributed by atoms with Crippen LogP contribution < -0.4 is 10.1 Å². The molecule has 1 saturated heterocycles. The highest BCUT2D eigenvalue weighted by Crippen LogP contribution is 2.22. The summed E-state index contributed by atoms with van der Waals surface area (Å²) in [6, 6.07) is 7.01. The fourth-order valence-electron chi connectivity index (χ4n) is 2.42. The molecule has 1 amide bonds. The minimum Gasteiger partial charge on any atom is -0.497 e. The van der Waals surface area contributed by atoms with Gasteiger partial charge in [0, 0.05) is 31.1 Å². The van der Waals surface area contributed by atoms with Crippen molar-refractivity contribution in [2.24, 2.45) is 0 Å². The Morgan fingerprint density at radius 1 is 1.48 bits per heavy atom. The largest absolute Gasteiger partial charge is 0.497 e. The number of rotatable bonds is 6. The molecular formula is C16H19N3O4. The normalized spacial score (nSPS) is 17.2. The van der Waals surface area contributed by atoms with Crippen LogP contribution in [-0.4, -0.2) is 42.9 Å². The van der Waals surface area contributed by atoms with E-state index in [0.29, 0.717) is 42.6 Å². The highest BCUT2D eigenvalue weighted by molar-refractivity contribution is 5.94. The molecule has 0 saturated carbocycles. The quantitative estimate of drug-likeness (QED) is 0.870. The lowest BCUT2D eigenvalue weighted by atomic mass is 10.1. The predicted molar refractivity (Wildman–Crippen MR) is 81.5 cm³/mol. The molecule has 1 fully saturated rings. The molecule has 122 valence electrons. The lowest BCUT2D eigenvalue weighted by Crippen LogP contribution is -2.25. The summed E-state index contributed by atoms with van der Waals surface area (Å²) in [7, 11) is 1.57. The van der Waals surface area contributed by atoms with Gasteiger partial charge in [0.15, 0.2) is 5.82 Å². The van der Waals surface area contributed by atoms with E-state index in [1.54, 1.807) is 31.4 Å². The molecule has 1 aromatic carbocycles. The van der Waals surface area contributed by atoms with E-state index in [-0.39, 0.29) is 11.8 Å². The van der Waals surface area contributed by atoms with Crippen molar-refractivity contribution in [3.05, 3.63) is 41.5 Å². The van der Waals surface area contributed by atoms with E-state index in [0.717, 1.165) is 13.0 Å². The van der Waals surface area contributed by atoms with Crippen LogP contribution in [0.5, 0.6) is 5.75 Å². The Kier molecular flexibility index (Phi) is 4.87. The average molecular weight is 317 g/mol. The average Bonchev–Trinajstić information content (AvgIpc) is 3.26. The molecule has 23 heavy (non-hydrogen) atoms. The Morgan fingerprint density at radius 3 is 3.17 bits per heavy atom. The third kappa shape index (κ3) is 3.87. The van der Waals surface area contributed by atoms with E-state index in [1.807, 2.05) is 0 Å². The van der Waals surface area contributed by atoms with Crippen molar-refractivity contribution in [1.82, 2.24) is 15.5 Å². The van der Waals surface area contributed by atoms with E-state index in [2.05, 4.69) is 15.5 Å². The number of hydrogen-bond donors (Lipinski definition) is 1. The molecule has 0 radical (unpaired) electrons. The first-order valence-corrected chi connectivity index (χ1v) is 7.59. The summed E-state index contributed by atoms with van der Waals surface area (Å²) in [5.74, 6) is 1.93. The first-order valence-electron chi connectivity index (χ1n) is 7.59. The van der Waals surface area contributed by atoms with Crippen molar-refractivity contribution in [3.63, 3.8) is 0 Å². The molecule has 1 N–H and O–H groups in total. The molecule has 1 unspecified atom stereocenters. The molecule has 0 spiro atoms. The molecule has 7 heteroatoms. The topological polar surface area (TPSA) is 86.5 Å². The second kappa shape index (κ2) is 7.23. The van der Waals surface area contributed by atoms with Crippen molar-refractivity contribution >= 4 is 5.91 Å². The van der Waals surface area contributed by atoms with Crippen LogP contribution >= 0.6 is 0 Å². The van der Waals surface area contributed by atoms with Gasteiger partial charge in [-0.25, -0.2) is 0 Å². The summed E-state index contributed by atoms with van der Waals surface area (Å²) in [6.45, 7) is 1.82. The van der Waals surface area contributed by atoms with Gasteiger partial charge in [0.2, 0.25) is 5.89 Å². The Hall–Kier alpha value is -2.41. The number of amides is 1. The molecule has 2 aromatic rings. The van der Waals surface area contributed by atoms with Gasteiger partial charge in [0.25, 0.3) is 5.91 Å². The molecule has 7 nitrogen and oxygen atoms in total. The lowest BCUT2D eigenvalue weighted by Gasteiger charge is -2.05. The minimum absolute atomic E-state index is 0.159. The van der Waals surface area contributed by atoms with Crippen LogP contribution in [-0.2, 0) is 11.2 Å². The molecule has 1 atom stereocenters. The van der Waals surface area contributed by atoms with Crippen LogP contribution in [0.15, 0.2) is 28.8 Å². The van der Waals surface area contributed by atoms with Crippen LogP contribution in [0.3, 0.4) is 0 Å². The van der Waals surface area contributed by atoms with Crippen LogP contribution in [0.2, 0.25) is 0 Å². The summed E-state index contributed by atoms with van der Waals surface area (Å²) in [5, 5.41) is 6.81. The summed E-state index contributed by atoms with van der Waals surface area (Å²) in [5.41, 5.74) is 0.554. The van der Waals surface area contributed by atoms with Crippen molar-refractivity contribution in [2.45, 2.75) is 18.8 Å². The molecule has 1 aliphatic rings. The second-order valence-electron chi connectivity index (χ2n) is 5.34. The molecule has 3 rings (SSSR count). The van der Waals surface area contributed by atoms with E-state index >= 15 is 0 Å². The standard InChI is InChI=1S/C16H19N3O4/c1-21-13-4-2-3-11(9-13)16(20)17-7-5-14-18-15(19-23-14)12-6-8-22-10-12/h2-4,9,12H,5-8,10H2,1H3,(H,17,20). The molecule has 0 bridgehead atoms. The highest BCUT2D eigenvalue weighted by Gasteiger charge is 2.23. The second-order valence-corrected chi connectivity index (χ2v) is 5.34. The maximum atomic E-state index is 12.1. The Bertz CT molecular complexity index is 665. The van der Waals surface area contributed by atoms with Crippen molar-refractivity contribution in [2.75, 3.05) is 26.9 Å². The smallest absolute Gasteiger partial charge is 0.251 e. The van der Waals surface area contributed by atoms with Gasteiger partial charge >= 0.3 is 0 Å². The monoisotopic (exact) mass is 317 g/mol. The lowest BCUT2D eigenvalue weighted by molar-refractivity contribution is 0.0953. The summed E-state index contributed by atoms with van der Waals surface area (Å²) >= 11 is 0.